The van der Waals surface area contributed by atoms with Crippen molar-refractivity contribution in [3.63, 3.8) is 0 Å². The first-order valence-corrected chi connectivity index (χ1v) is 13.4. The van der Waals surface area contributed by atoms with Gasteiger partial charge in [-0.05, 0) is 57.5 Å². The van der Waals surface area contributed by atoms with Crippen LogP contribution in [0.1, 0.15) is 44.9 Å². The van der Waals surface area contributed by atoms with E-state index in [-0.39, 0.29) is 12.2 Å². The lowest BCUT2D eigenvalue weighted by molar-refractivity contribution is -0.139. The molecule has 1 aliphatic heterocycles. The van der Waals surface area contributed by atoms with Crippen LogP contribution in [0.4, 0.5) is 5.69 Å². The molecule has 0 amide bonds. The summed E-state index contributed by atoms with van der Waals surface area (Å²) in [5, 5.41) is 0.451. The fraction of sp³-hybridized carbons (Fsp3) is 0.321. The SMILES string of the molecule is CCOC(=O)C1=C(C)N=c2s/c(=C\c3ccc(N(CC)CC)cc3OC)c(=O)n2[C@@H]1c1ccccc1Cl. The van der Waals surface area contributed by atoms with Crippen LogP contribution in [0.3, 0.4) is 0 Å². The van der Waals surface area contributed by atoms with Gasteiger partial charge in [0.15, 0.2) is 4.80 Å². The molecule has 1 atom stereocenters. The van der Waals surface area contributed by atoms with Gasteiger partial charge in [-0.25, -0.2) is 9.79 Å². The van der Waals surface area contributed by atoms with Crippen molar-refractivity contribution in [2.75, 3.05) is 31.7 Å². The minimum Gasteiger partial charge on any atom is -0.496 e. The average Bonchev–Trinajstić information content (AvgIpc) is 3.19. The van der Waals surface area contributed by atoms with Crippen molar-refractivity contribution in [3.8, 4) is 5.75 Å². The molecule has 0 fully saturated rings. The van der Waals surface area contributed by atoms with Crippen LogP contribution in [0.2, 0.25) is 5.02 Å². The molecule has 7 nitrogen and oxygen atoms in total. The average molecular weight is 540 g/mol. The number of anilines is 1. The highest BCUT2D eigenvalue weighted by Gasteiger charge is 2.34. The van der Waals surface area contributed by atoms with Crippen molar-refractivity contribution in [3.05, 3.63) is 89.6 Å². The topological polar surface area (TPSA) is 73.1 Å². The maximum absolute atomic E-state index is 13.8. The summed E-state index contributed by atoms with van der Waals surface area (Å²) in [5.41, 5.74) is 2.99. The Morgan fingerprint density at radius 1 is 1.19 bits per heavy atom. The molecule has 0 saturated heterocycles. The molecule has 37 heavy (non-hydrogen) atoms. The quantitative estimate of drug-likeness (QED) is 0.399. The summed E-state index contributed by atoms with van der Waals surface area (Å²) in [6.45, 7) is 9.66. The van der Waals surface area contributed by atoms with Gasteiger partial charge in [0, 0.05) is 35.4 Å². The van der Waals surface area contributed by atoms with Crippen LogP contribution in [-0.4, -0.2) is 37.3 Å². The summed E-state index contributed by atoms with van der Waals surface area (Å²) in [6.07, 6.45) is 1.81. The number of fused-ring (bicyclic) bond motifs is 1. The molecular formula is C28H30ClN3O4S. The molecule has 0 bridgehead atoms. The number of ether oxygens (including phenoxy) is 2. The van der Waals surface area contributed by atoms with E-state index in [1.807, 2.05) is 42.5 Å². The van der Waals surface area contributed by atoms with E-state index in [0.29, 0.717) is 36.9 Å². The first-order chi connectivity index (χ1) is 17.8. The number of carbonyl (C=O) groups is 1. The van der Waals surface area contributed by atoms with Gasteiger partial charge in [-0.3, -0.25) is 9.36 Å². The lowest BCUT2D eigenvalue weighted by Crippen LogP contribution is -2.40. The molecule has 0 radical (unpaired) electrons. The highest BCUT2D eigenvalue weighted by atomic mass is 35.5. The van der Waals surface area contributed by atoms with E-state index in [1.165, 1.54) is 15.9 Å². The smallest absolute Gasteiger partial charge is 0.338 e. The minimum atomic E-state index is -0.752. The predicted octanol–water partition coefficient (Wildman–Crippen LogP) is 4.31. The monoisotopic (exact) mass is 539 g/mol. The third-order valence-electron chi connectivity index (χ3n) is 6.35. The number of methoxy groups -OCH3 is 1. The third kappa shape index (κ3) is 5.08. The van der Waals surface area contributed by atoms with Gasteiger partial charge in [-0.2, -0.15) is 0 Å². The number of thiazole rings is 1. The van der Waals surface area contributed by atoms with E-state index < -0.39 is 12.0 Å². The molecule has 9 heteroatoms. The number of hydrogen-bond donors (Lipinski definition) is 0. The molecule has 2 heterocycles. The van der Waals surface area contributed by atoms with Crippen LogP contribution in [0.15, 0.2) is 63.5 Å². The molecule has 4 rings (SSSR count). The Morgan fingerprint density at radius 2 is 1.92 bits per heavy atom. The number of benzene rings is 2. The molecular weight excluding hydrogens is 510 g/mol. The molecule has 0 N–H and O–H groups in total. The summed E-state index contributed by atoms with van der Waals surface area (Å²) in [5.74, 6) is 0.151. The van der Waals surface area contributed by atoms with Crippen LogP contribution in [-0.2, 0) is 9.53 Å². The molecule has 0 aliphatic carbocycles. The largest absolute Gasteiger partial charge is 0.496 e. The molecule has 194 valence electrons. The number of hydrogen-bond acceptors (Lipinski definition) is 7. The molecule has 0 unspecified atom stereocenters. The zero-order chi connectivity index (χ0) is 26.7. The fourth-order valence-corrected chi connectivity index (χ4v) is 5.80. The lowest BCUT2D eigenvalue weighted by Gasteiger charge is -2.25. The van der Waals surface area contributed by atoms with E-state index in [1.54, 1.807) is 27.0 Å². The number of allylic oxidation sites excluding steroid dienone is 1. The van der Waals surface area contributed by atoms with E-state index in [9.17, 15) is 9.59 Å². The zero-order valence-corrected chi connectivity index (χ0v) is 23.2. The second kappa shape index (κ2) is 11.4. The zero-order valence-electron chi connectivity index (χ0n) is 21.6. The van der Waals surface area contributed by atoms with E-state index >= 15 is 0 Å². The fourth-order valence-electron chi connectivity index (χ4n) is 4.53. The van der Waals surface area contributed by atoms with Crippen molar-refractivity contribution in [1.29, 1.82) is 0 Å². The lowest BCUT2D eigenvalue weighted by atomic mass is 9.96. The Bertz CT molecular complexity index is 1540. The van der Waals surface area contributed by atoms with Gasteiger partial charge in [0.05, 0.1) is 29.5 Å². The number of esters is 1. The van der Waals surface area contributed by atoms with Crippen molar-refractivity contribution in [1.82, 2.24) is 4.57 Å². The minimum absolute atomic E-state index is 0.207. The molecule has 0 spiro atoms. The van der Waals surface area contributed by atoms with E-state index in [0.717, 1.165) is 24.3 Å². The third-order valence-corrected chi connectivity index (χ3v) is 7.68. The van der Waals surface area contributed by atoms with Crippen LogP contribution in [0.25, 0.3) is 6.08 Å². The molecule has 3 aromatic rings. The van der Waals surface area contributed by atoms with Gasteiger partial charge in [0.25, 0.3) is 5.56 Å². The standard InChI is InChI=1S/C28H30ClN3O4S/c1-6-31(7-2)19-14-13-18(22(16-19)35-5)15-23-26(33)32-25(20-11-9-10-12-21(20)29)24(27(34)36-8-3)17(4)30-28(32)37-23/h9-16,25H,6-8H2,1-5H3/b23-15-/t25-/m1/s1. The Hall–Kier alpha value is -3.36. The molecule has 0 saturated carbocycles. The number of carbonyl (C=O) groups excluding carboxylic acids is 1. The summed E-state index contributed by atoms with van der Waals surface area (Å²) in [7, 11) is 1.62. The van der Waals surface area contributed by atoms with Crippen LogP contribution in [0, 0.1) is 0 Å². The summed E-state index contributed by atoms with van der Waals surface area (Å²) >= 11 is 7.83. The summed E-state index contributed by atoms with van der Waals surface area (Å²) < 4.78 is 13.0. The van der Waals surface area contributed by atoms with Crippen molar-refractivity contribution >= 4 is 40.7 Å². The maximum atomic E-state index is 13.8. The first kappa shape index (κ1) is 26.7. The number of halogens is 1. The second-order valence-electron chi connectivity index (χ2n) is 8.42. The van der Waals surface area contributed by atoms with Gasteiger partial charge < -0.3 is 14.4 Å². The highest BCUT2D eigenvalue weighted by molar-refractivity contribution is 7.07. The molecule has 2 aromatic carbocycles. The molecule has 1 aliphatic rings. The van der Waals surface area contributed by atoms with Crippen LogP contribution in [0.5, 0.6) is 5.75 Å². The van der Waals surface area contributed by atoms with Gasteiger partial charge in [-0.15, -0.1) is 0 Å². The van der Waals surface area contributed by atoms with E-state index in [4.69, 9.17) is 21.1 Å². The van der Waals surface area contributed by atoms with Gasteiger partial charge >= 0.3 is 5.97 Å². The van der Waals surface area contributed by atoms with Crippen molar-refractivity contribution < 1.29 is 14.3 Å². The number of aromatic nitrogens is 1. The Labute approximate surface area is 224 Å². The predicted molar refractivity (Wildman–Crippen MR) is 148 cm³/mol. The number of nitrogens with zero attached hydrogens (tertiary/aromatic N) is 3. The second-order valence-corrected chi connectivity index (χ2v) is 9.84. The van der Waals surface area contributed by atoms with Gasteiger partial charge in [-0.1, -0.05) is 41.1 Å². The Kier molecular flexibility index (Phi) is 8.19. The van der Waals surface area contributed by atoms with Gasteiger partial charge in [0.2, 0.25) is 0 Å². The Balaban J connectivity index is 1.92. The van der Waals surface area contributed by atoms with Crippen molar-refractivity contribution in [2.45, 2.75) is 33.7 Å². The van der Waals surface area contributed by atoms with E-state index in [2.05, 4.69) is 23.7 Å². The van der Waals surface area contributed by atoms with Crippen LogP contribution >= 0.6 is 22.9 Å². The van der Waals surface area contributed by atoms with Gasteiger partial charge in [0.1, 0.15) is 11.8 Å². The molecule has 1 aromatic heterocycles. The summed E-state index contributed by atoms with van der Waals surface area (Å²) in [6, 6.07) is 12.4. The summed E-state index contributed by atoms with van der Waals surface area (Å²) in [4.78, 5) is 34.2. The normalized spacial score (nSPS) is 15.3. The maximum Gasteiger partial charge on any atom is 0.338 e. The number of rotatable bonds is 8. The van der Waals surface area contributed by atoms with Crippen molar-refractivity contribution in [2.24, 2.45) is 4.99 Å². The Morgan fingerprint density at radius 3 is 2.57 bits per heavy atom. The van der Waals surface area contributed by atoms with Crippen LogP contribution < -0.4 is 24.5 Å². The highest BCUT2D eigenvalue weighted by Crippen LogP contribution is 2.34. The first-order valence-electron chi connectivity index (χ1n) is 12.2.